The third-order valence-electron chi connectivity index (χ3n) is 7.89. The van der Waals surface area contributed by atoms with E-state index in [1.807, 2.05) is 0 Å². The molecule has 3 heterocycles. The van der Waals surface area contributed by atoms with Crippen LogP contribution in [-0.4, -0.2) is 41.5 Å². The SMILES string of the molecule is O=Cc1cc(F)c2nc(N3CC4CC3CC4OCc3c(-c4ccccc4OC(F)(F)F)noc3C3CC3)sc2c1. The molecule has 2 aromatic heterocycles. The van der Waals surface area contributed by atoms with Crippen molar-refractivity contribution in [3.8, 4) is 17.0 Å². The van der Waals surface area contributed by atoms with Crippen molar-refractivity contribution in [1.29, 1.82) is 0 Å². The van der Waals surface area contributed by atoms with Crippen molar-refractivity contribution >= 4 is 33.0 Å². The van der Waals surface area contributed by atoms with Crippen LogP contribution < -0.4 is 9.64 Å². The minimum atomic E-state index is -4.84. The lowest BCUT2D eigenvalue weighted by molar-refractivity contribution is -0.274. The van der Waals surface area contributed by atoms with Gasteiger partial charge in [0.15, 0.2) is 10.9 Å². The first-order valence-electron chi connectivity index (χ1n) is 13.0. The van der Waals surface area contributed by atoms with Gasteiger partial charge in [0.05, 0.1) is 17.4 Å². The van der Waals surface area contributed by atoms with Gasteiger partial charge in [-0.05, 0) is 49.9 Å². The number of thiazole rings is 1. The maximum atomic E-state index is 14.4. The zero-order chi connectivity index (χ0) is 27.6. The summed E-state index contributed by atoms with van der Waals surface area (Å²) < 4.78 is 70.5. The molecule has 2 aromatic carbocycles. The molecular weight excluding hydrogens is 550 g/mol. The van der Waals surface area contributed by atoms with Gasteiger partial charge in [-0.15, -0.1) is 13.2 Å². The number of carbonyl (C=O) groups excluding carboxylic acids is 1. The molecule has 3 atom stereocenters. The van der Waals surface area contributed by atoms with E-state index in [2.05, 4.69) is 19.8 Å². The number of alkyl halides is 3. The molecule has 12 heteroatoms. The van der Waals surface area contributed by atoms with Gasteiger partial charge in [-0.2, -0.15) is 0 Å². The van der Waals surface area contributed by atoms with Crippen LogP contribution >= 0.6 is 11.3 Å². The summed E-state index contributed by atoms with van der Waals surface area (Å²) in [6.07, 6.45) is -0.751. The minimum absolute atomic E-state index is 0.0505. The van der Waals surface area contributed by atoms with Gasteiger partial charge in [-0.1, -0.05) is 28.6 Å². The van der Waals surface area contributed by atoms with Crippen molar-refractivity contribution in [1.82, 2.24) is 10.1 Å². The zero-order valence-electron chi connectivity index (χ0n) is 21.0. The minimum Gasteiger partial charge on any atom is -0.405 e. The molecule has 7 rings (SSSR count). The number of rotatable bonds is 8. The highest BCUT2D eigenvalue weighted by Gasteiger charge is 2.47. The number of hydrogen-bond acceptors (Lipinski definition) is 8. The van der Waals surface area contributed by atoms with Crippen LogP contribution in [0.2, 0.25) is 0 Å². The lowest BCUT2D eigenvalue weighted by Gasteiger charge is -2.31. The fourth-order valence-corrected chi connectivity index (χ4v) is 7.05. The molecule has 0 amide bonds. The van der Waals surface area contributed by atoms with Gasteiger partial charge in [-0.3, -0.25) is 4.79 Å². The number of anilines is 1. The monoisotopic (exact) mass is 573 g/mol. The first-order chi connectivity index (χ1) is 19.3. The van der Waals surface area contributed by atoms with E-state index in [0.29, 0.717) is 34.5 Å². The molecule has 0 N–H and O–H groups in total. The predicted molar refractivity (Wildman–Crippen MR) is 138 cm³/mol. The molecule has 4 aromatic rings. The van der Waals surface area contributed by atoms with Gasteiger partial charge < -0.3 is 18.9 Å². The Labute approximate surface area is 229 Å². The fourth-order valence-electron chi connectivity index (χ4n) is 5.94. The number of ether oxygens (including phenoxy) is 2. The first-order valence-corrected chi connectivity index (χ1v) is 13.9. The van der Waals surface area contributed by atoms with Gasteiger partial charge in [0.1, 0.15) is 29.0 Å². The maximum absolute atomic E-state index is 14.4. The van der Waals surface area contributed by atoms with Crippen molar-refractivity contribution in [3.05, 3.63) is 59.1 Å². The summed E-state index contributed by atoms with van der Waals surface area (Å²) >= 11 is 1.37. The highest BCUT2D eigenvalue weighted by atomic mass is 32.1. The van der Waals surface area contributed by atoms with Crippen LogP contribution in [0, 0.1) is 11.7 Å². The van der Waals surface area contributed by atoms with E-state index in [1.54, 1.807) is 12.1 Å². The molecule has 0 radical (unpaired) electrons. The summed E-state index contributed by atoms with van der Waals surface area (Å²) in [5, 5.41) is 4.88. The Morgan fingerprint density at radius 2 is 2.00 bits per heavy atom. The van der Waals surface area contributed by atoms with Crippen molar-refractivity contribution in [2.75, 3.05) is 11.4 Å². The molecule has 208 valence electrons. The molecule has 3 unspecified atom stereocenters. The summed E-state index contributed by atoms with van der Waals surface area (Å²) in [6.45, 7) is 0.866. The topological polar surface area (TPSA) is 77.7 Å². The number of carbonyl (C=O) groups is 1. The van der Waals surface area contributed by atoms with E-state index < -0.39 is 12.2 Å². The molecule has 3 fully saturated rings. The molecule has 2 aliphatic carbocycles. The van der Waals surface area contributed by atoms with Gasteiger partial charge in [0.2, 0.25) is 0 Å². The molecule has 2 saturated carbocycles. The van der Waals surface area contributed by atoms with E-state index in [4.69, 9.17) is 9.26 Å². The zero-order valence-corrected chi connectivity index (χ0v) is 21.8. The van der Waals surface area contributed by atoms with Crippen LogP contribution in [0.15, 0.2) is 40.9 Å². The number of para-hydroxylation sites is 1. The number of benzene rings is 2. The second-order valence-corrected chi connectivity index (χ2v) is 11.6. The molecule has 7 nitrogen and oxygen atoms in total. The van der Waals surface area contributed by atoms with Crippen LogP contribution in [0.3, 0.4) is 0 Å². The van der Waals surface area contributed by atoms with Gasteiger partial charge in [0.25, 0.3) is 0 Å². The molecule has 1 saturated heterocycles. The van der Waals surface area contributed by atoms with Crippen molar-refractivity contribution in [2.45, 2.75) is 56.7 Å². The van der Waals surface area contributed by atoms with Gasteiger partial charge >= 0.3 is 6.36 Å². The molecule has 3 aliphatic rings. The summed E-state index contributed by atoms with van der Waals surface area (Å²) in [6, 6.07) is 8.93. The number of fused-ring (bicyclic) bond motifs is 3. The van der Waals surface area contributed by atoms with Gasteiger partial charge in [0, 0.05) is 41.1 Å². The van der Waals surface area contributed by atoms with Crippen molar-refractivity contribution in [2.24, 2.45) is 5.92 Å². The number of halogens is 4. The van der Waals surface area contributed by atoms with Crippen molar-refractivity contribution in [3.63, 3.8) is 0 Å². The number of aldehydes is 1. The van der Waals surface area contributed by atoms with E-state index in [0.717, 1.165) is 30.8 Å². The first kappa shape index (κ1) is 25.5. The normalized spacial score (nSPS) is 22.4. The summed E-state index contributed by atoms with van der Waals surface area (Å²) in [4.78, 5) is 17.8. The van der Waals surface area contributed by atoms with Crippen LogP contribution in [0.5, 0.6) is 5.75 Å². The molecule has 40 heavy (non-hydrogen) atoms. The average Bonchev–Trinajstić information content (AvgIpc) is 3.25. The van der Waals surface area contributed by atoms with Crippen LogP contribution in [-0.2, 0) is 11.3 Å². The Morgan fingerprint density at radius 3 is 2.73 bits per heavy atom. The standard InChI is InChI=1S/C28H23F4N3O4S/c29-20-7-14(12-36)8-23-25(20)33-27(40-23)35-11-16-9-17(35)10-22(16)37-13-19-24(34-39-26(19)15-5-6-15)18-3-1-2-4-21(18)38-28(30,31)32/h1-4,7-8,12,15-17,22H,5-6,9-11,13H2. The molecule has 1 aliphatic heterocycles. The molecule has 2 bridgehead atoms. The number of nitrogens with zero attached hydrogens (tertiary/aromatic N) is 3. The Kier molecular flexibility index (Phi) is 6.08. The van der Waals surface area contributed by atoms with E-state index >= 15 is 0 Å². The fraction of sp³-hybridized carbons (Fsp3) is 0.393. The molecular formula is C28H23F4N3O4S. The number of aromatic nitrogens is 2. The summed E-state index contributed by atoms with van der Waals surface area (Å²) in [5.74, 6) is 0.222. The highest BCUT2D eigenvalue weighted by Crippen LogP contribution is 2.48. The highest BCUT2D eigenvalue weighted by molar-refractivity contribution is 7.22. The van der Waals surface area contributed by atoms with Crippen LogP contribution in [0.4, 0.5) is 22.7 Å². The third-order valence-corrected chi connectivity index (χ3v) is 8.93. The Hall–Kier alpha value is -3.51. The van der Waals surface area contributed by atoms with Gasteiger partial charge in [-0.25, -0.2) is 9.37 Å². The van der Waals surface area contributed by atoms with E-state index in [1.165, 1.54) is 35.6 Å². The second kappa shape index (κ2) is 9.55. The molecule has 0 spiro atoms. The second-order valence-electron chi connectivity index (χ2n) is 10.5. The average molecular weight is 574 g/mol. The smallest absolute Gasteiger partial charge is 0.405 e. The Morgan fingerprint density at radius 1 is 1.18 bits per heavy atom. The van der Waals surface area contributed by atoms with Crippen molar-refractivity contribution < 1.29 is 36.4 Å². The van der Waals surface area contributed by atoms with E-state index in [-0.39, 0.29) is 53.0 Å². The Bertz CT molecular complexity index is 1600. The van der Waals surface area contributed by atoms with E-state index in [9.17, 15) is 22.4 Å². The van der Waals surface area contributed by atoms with Crippen LogP contribution in [0.1, 0.15) is 53.3 Å². The number of hydrogen-bond donors (Lipinski definition) is 0. The number of piperidine rings is 1. The Balaban J connectivity index is 1.09. The summed E-state index contributed by atoms with van der Waals surface area (Å²) in [7, 11) is 0. The quantitative estimate of drug-likeness (QED) is 0.168. The largest absolute Gasteiger partial charge is 0.573 e. The lowest BCUT2D eigenvalue weighted by atomic mass is 10.0. The lowest BCUT2D eigenvalue weighted by Crippen LogP contribution is -2.38. The third kappa shape index (κ3) is 4.62. The predicted octanol–water partition coefficient (Wildman–Crippen LogP) is 6.86. The van der Waals surface area contributed by atoms with Crippen LogP contribution in [0.25, 0.3) is 21.5 Å². The maximum Gasteiger partial charge on any atom is 0.573 e. The summed E-state index contributed by atoms with van der Waals surface area (Å²) in [5.41, 5.74) is 1.71.